The highest BCUT2D eigenvalue weighted by atomic mass is 16.5. The van der Waals surface area contributed by atoms with Crippen molar-refractivity contribution in [2.45, 2.75) is 38.3 Å². The number of quaternary nitrogens is 1. The van der Waals surface area contributed by atoms with Crippen LogP contribution in [0.5, 0.6) is 0 Å². The number of esters is 1. The highest BCUT2D eigenvalue weighted by Gasteiger charge is 2.82. The van der Waals surface area contributed by atoms with Gasteiger partial charge in [0.2, 0.25) is 5.76 Å². The Morgan fingerprint density at radius 1 is 1.56 bits per heavy atom. The van der Waals surface area contributed by atoms with Gasteiger partial charge >= 0.3 is 11.9 Å². The molecule has 0 bridgehead atoms. The maximum absolute atomic E-state index is 12.5. The van der Waals surface area contributed by atoms with E-state index in [1.165, 1.54) is 7.11 Å². The monoisotopic (exact) mass is 252 g/mol. The highest BCUT2D eigenvalue weighted by molar-refractivity contribution is 6.03. The Labute approximate surface area is 106 Å². The first-order valence-electron chi connectivity index (χ1n) is 6.40. The van der Waals surface area contributed by atoms with E-state index < -0.39 is 0 Å². The maximum Gasteiger partial charge on any atom is 0.382 e. The molecular weight excluding hydrogens is 234 g/mol. The predicted molar refractivity (Wildman–Crippen MR) is 62.2 cm³/mol. The molecule has 0 saturated carbocycles. The molecule has 0 aromatic carbocycles. The molecule has 2 fully saturated rings. The predicted octanol–water partition coefficient (Wildman–Crippen LogP) is 0.742. The summed E-state index contributed by atoms with van der Waals surface area (Å²) >= 11 is 0. The van der Waals surface area contributed by atoms with Crippen LogP contribution in [-0.2, 0) is 19.1 Å². The lowest BCUT2D eigenvalue weighted by molar-refractivity contribution is -0.752. The first kappa shape index (κ1) is 11.7. The van der Waals surface area contributed by atoms with Gasteiger partial charge in [-0.05, 0) is 13.8 Å². The van der Waals surface area contributed by atoms with Crippen LogP contribution in [0.15, 0.2) is 11.3 Å². The van der Waals surface area contributed by atoms with Crippen LogP contribution >= 0.6 is 0 Å². The molecule has 98 valence electrons. The number of nitrogens with zero attached hydrogens (tertiary/aromatic N) is 1. The van der Waals surface area contributed by atoms with Crippen molar-refractivity contribution in [3.05, 3.63) is 11.3 Å². The lowest BCUT2D eigenvalue weighted by atomic mass is 10.0. The third kappa shape index (κ3) is 1.06. The molecule has 0 radical (unpaired) electrons. The van der Waals surface area contributed by atoms with E-state index in [9.17, 15) is 9.59 Å². The summed E-state index contributed by atoms with van der Waals surface area (Å²) in [6.07, 6.45) is 1.85. The molecule has 0 N–H and O–H groups in total. The minimum Gasteiger partial charge on any atom is -0.488 e. The molecule has 3 atom stereocenters. The lowest BCUT2D eigenvalue weighted by Gasteiger charge is -2.16. The van der Waals surface area contributed by atoms with Crippen molar-refractivity contribution in [2.75, 3.05) is 20.3 Å². The largest absolute Gasteiger partial charge is 0.488 e. The zero-order valence-corrected chi connectivity index (χ0v) is 11.0. The highest BCUT2D eigenvalue weighted by Crippen LogP contribution is 2.61. The molecule has 3 heterocycles. The molecule has 1 spiro atoms. The number of amides is 1. The molecule has 5 heteroatoms. The molecule has 0 aromatic rings. The fraction of sp³-hybridized carbons (Fsp3) is 0.692. The van der Waals surface area contributed by atoms with Crippen LogP contribution in [0, 0.1) is 0 Å². The van der Waals surface area contributed by atoms with E-state index in [4.69, 9.17) is 9.47 Å². The fourth-order valence-corrected chi connectivity index (χ4v) is 3.84. The van der Waals surface area contributed by atoms with Crippen LogP contribution < -0.4 is 0 Å². The molecule has 0 aromatic heterocycles. The standard InChI is InChI=1S/C13H18NO4/c1-4-18-12(16)9-8-5-6-13(2)7-14(8,13)11(15)10(9)17-3/h8H,4-7H2,1-3H3/q+1. The Balaban J connectivity index is 2.03. The van der Waals surface area contributed by atoms with E-state index in [1.54, 1.807) is 6.92 Å². The number of ether oxygens (including phenoxy) is 2. The van der Waals surface area contributed by atoms with Gasteiger partial charge < -0.3 is 9.47 Å². The molecule has 3 unspecified atom stereocenters. The number of carbonyl (C=O) groups excluding carboxylic acids is 2. The van der Waals surface area contributed by atoms with E-state index in [1.807, 2.05) is 0 Å². The smallest absolute Gasteiger partial charge is 0.382 e. The molecular formula is C13H18NO4+. The summed E-state index contributed by atoms with van der Waals surface area (Å²) in [5, 5.41) is 0. The zero-order valence-electron chi connectivity index (χ0n) is 11.0. The first-order valence-corrected chi connectivity index (χ1v) is 6.40. The Kier molecular flexibility index (Phi) is 2.18. The molecule has 5 nitrogen and oxygen atoms in total. The molecule has 3 rings (SSSR count). The third-order valence-corrected chi connectivity index (χ3v) is 4.77. The second-order valence-electron chi connectivity index (χ2n) is 5.55. The van der Waals surface area contributed by atoms with Crippen molar-refractivity contribution in [3.8, 4) is 0 Å². The van der Waals surface area contributed by atoms with Gasteiger partial charge in [0.25, 0.3) is 0 Å². The summed E-state index contributed by atoms with van der Waals surface area (Å²) in [6, 6.07) is -0.0449. The van der Waals surface area contributed by atoms with Gasteiger partial charge in [0, 0.05) is 12.8 Å². The zero-order chi connectivity index (χ0) is 13.1. The molecule has 0 aliphatic carbocycles. The number of hydrogen-bond donors (Lipinski definition) is 0. The maximum atomic E-state index is 12.5. The van der Waals surface area contributed by atoms with Gasteiger partial charge in [-0.3, -0.25) is 0 Å². The number of hydrogen-bond acceptors (Lipinski definition) is 4. The summed E-state index contributed by atoms with van der Waals surface area (Å²) in [5.74, 6) is -0.203. The van der Waals surface area contributed by atoms with Crippen molar-refractivity contribution >= 4 is 11.9 Å². The summed E-state index contributed by atoms with van der Waals surface area (Å²) in [6.45, 7) is 5.03. The quantitative estimate of drug-likeness (QED) is 0.422. The number of rotatable bonds is 3. The van der Waals surface area contributed by atoms with Crippen LogP contribution in [0.1, 0.15) is 26.7 Å². The molecule has 3 aliphatic heterocycles. The lowest BCUT2D eigenvalue weighted by Crippen LogP contribution is -2.40. The van der Waals surface area contributed by atoms with Gasteiger partial charge in [-0.15, -0.1) is 0 Å². The normalized spacial score (nSPS) is 40.6. The van der Waals surface area contributed by atoms with Gasteiger partial charge in [-0.25, -0.2) is 14.1 Å². The van der Waals surface area contributed by atoms with E-state index >= 15 is 0 Å². The molecule has 1 amide bonds. The van der Waals surface area contributed by atoms with Crippen LogP contribution in [0.25, 0.3) is 0 Å². The summed E-state index contributed by atoms with van der Waals surface area (Å²) in [4.78, 5) is 24.5. The number of carbonyl (C=O) groups is 2. The van der Waals surface area contributed by atoms with E-state index in [2.05, 4.69) is 6.92 Å². The summed E-state index contributed by atoms with van der Waals surface area (Å²) in [7, 11) is 1.45. The van der Waals surface area contributed by atoms with Gasteiger partial charge in [-0.1, -0.05) is 0 Å². The average Bonchev–Trinajstić information content (AvgIpc) is 2.73. The average molecular weight is 252 g/mol. The van der Waals surface area contributed by atoms with Crippen LogP contribution in [0.2, 0.25) is 0 Å². The Bertz CT molecular complexity index is 483. The minimum absolute atomic E-state index is 0.0137. The van der Waals surface area contributed by atoms with Crippen molar-refractivity contribution < 1.29 is 23.5 Å². The molecule has 3 aliphatic rings. The second-order valence-corrected chi connectivity index (χ2v) is 5.55. The third-order valence-electron chi connectivity index (χ3n) is 4.77. The Morgan fingerprint density at radius 3 is 2.83 bits per heavy atom. The van der Waals surface area contributed by atoms with Crippen LogP contribution in [-0.4, -0.2) is 48.2 Å². The topological polar surface area (TPSA) is 52.6 Å². The second kappa shape index (κ2) is 3.35. The summed E-state index contributed by atoms with van der Waals surface area (Å²) in [5.41, 5.74) is 0.477. The Morgan fingerprint density at radius 2 is 2.28 bits per heavy atom. The van der Waals surface area contributed by atoms with Crippen LogP contribution in [0.4, 0.5) is 0 Å². The molecule has 18 heavy (non-hydrogen) atoms. The SMILES string of the molecule is CCOC(=O)C1=C(OC)C(=O)[N+]23CC2(C)CCC13. The van der Waals surface area contributed by atoms with Gasteiger partial charge in [-0.2, -0.15) is 0 Å². The van der Waals surface area contributed by atoms with Crippen molar-refractivity contribution in [2.24, 2.45) is 0 Å². The Hall–Kier alpha value is -1.36. The van der Waals surface area contributed by atoms with Gasteiger partial charge in [0.15, 0.2) is 5.54 Å². The van der Waals surface area contributed by atoms with Gasteiger partial charge in [0.05, 0.1) is 13.7 Å². The van der Waals surface area contributed by atoms with Crippen molar-refractivity contribution in [1.82, 2.24) is 0 Å². The van der Waals surface area contributed by atoms with Crippen LogP contribution in [0.3, 0.4) is 0 Å². The van der Waals surface area contributed by atoms with Gasteiger partial charge in [0.1, 0.15) is 18.2 Å². The first-order chi connectivity index (χ1) is 8.52. The number of piperidine rings is 1. The minimum atomic E-state index is -0.390. The fourth-order valence-electron chi connectivity index (χ4n) is 3.84. The van der Waals surface area contributed by atoms with E-state index in [0.29, 0.717) is 16.7 Å². The molecule has 2 saturated heterocycles. The van der Waals surface area contributed by atoms with Crippen molar-refractivity contribution in [3.63, 3.8) is 0 Å². The van der Waals surface area contributed by atoms with E-state index in [0.717, 1.165) is 19.4 Å². The number of methoxy groups -OCH3 is 1. The summed E-state index contributed by atoms with van der Waals surface area (Å²) < 4.78 is 10.7. The van der Waals surface area contributed by atoms with Crippen molar-refractivity contribution in [1.29, 1.82) is 0 Å². The van der Waals surface area contributed by atoms with E-state index in [-0.39, 0.29) is 29.2 Å².